The van der Waals surface area contributed by atoms with Crippen molar-refractivity contribution in [2.45, 2.75) is 25.7 Å². The van der Waals surface area contributed by atoms with Gasteiger partial charge in [0.2, 0.25) is 5.88 Å². The van der Waals surface area contributed by atoms with Gasteiger partial charge in [0.05, 0.1) is 18.4 Å². The van der Waals surface area contributed by atoms with E-state index in [0.29, 0.717) is 11.8 Å². The standard InChI is InChI=1S/C11H15N3O/c1-7(12-2)9-10(8-4-5-8)13-6-14-11(9)15-3/h6,8H,4-5H2,1-3H3. The van der Waals surface area contributed by atoms with E-state index in [1.165, 1.54) is 12.8 Å². The first-order valence-corrected chi connectivity index (χ1v) is 5.10. The van der Waals surface area contributed by atoms with Gasteiger partial charge in [-0.3, -0.25) is 4.99 Å². The topological polar surface area (TPSA) is 47.4 Å². The number of aliphatic imine (C=N–C) groups is 1. The number of ether oxygens (including phenoxy) is 1. The second-order valence-corrected chi connectivity index (χ2v) is 3.73. The maximum Gasteiger partial charge on any atom is 0.225 e. The van der Waals surface area contributed by atoms with Crippen molar-refractivity contribution in [2.24, 2.45) is 4.99 Å². The Kier molecular flexibility index (Phi) is 2.66. The third-order valence-corrected chi connectivity index (χ3v) is 2.70. The molecule has 2 rings (SSSR count). The van der Waals surface area contributed by atoms with Gasteiger partial charge in [-0.2, -0.15) is 0 Å². The van der Waals surface area contributed by atoms with Crippen LogP contribution < -0.4 is 4.74 Å². The van der Waals surface area contributed by atoms with E-state index < -0.39 is 0 Å². The Labute approximate surface area is 89.4 Å². The van der Waals surface area contributed by atoms with E-state index in [4.69, 9.17) is 4.74 Å². The van der Waals surface area contributed by atoms with Crippen molar-refractivity contribution in [1.29, 1.82) is 0 Å². The van der Waals surface area contributed by atoms with Crippen LogP contribution in [0.1, 0.15) is 36.9 Å². The third-order valence-electron chi connectivity index (χ3n) is 2.70. The van der Waals surface area contributed by atoms with Crippen LogP contribution in [0, 0.1) is 0 Å². The summed E-state index contributed by atoms with van der Waals surface area (Å²) in [7, 11) is 3.41. The summed E-state index contributed by atoms with van der Waals surface area (Å²) in [5.74, 6) is 1.21. The molecule has 0 aromatic carbocycles. The zero-order chi connectivity index (χ0) is 10.8. The molecule has 1 aliphatic carbocycles. The molecule has 1 saturated carbocycles. The summed E-state index contributed by atoms with van der Waals surface area (Å²) in [5.41, 5.74) is 3.00. The largest absolute Gasteiger partial charge is 0.480 e. The Morgan fingerprint density at radius 3 is 2.73 bits per heavy atom. The molecule has 1 fully saturated rings. The van der Waals surface area contributed by atoms with Crippen LogP contribution in [0.2, 0.25) is 0 Å². The second-order valence-electron chi connectivity index (χ2n) is 3.73. The summed E-state index contributed by atoms with van der Waals surface area (Å²) >= 11 is 0. The fraction of sp³-hybridized carbons (Fsp3) is 0.545. The van der Waals surface area contributed by atoms with Crippen molar-refractivity contribution in [2.75, 3.05) is 14.2 Å². The molecule has 4 heteroatoms. The Hall–Kier alpha value is -1.45. The molecule has 80 valence electrons. The first-order chi connectivity index (χ1) is 7.27. The van der Waals surface area contributed by atoms with Crippen LogP contribution in [0.5, 0.6) is 5.88 Å². The van der Waals surface area contributed by atoms with Gasteiger partial charge in [0.25, 0.3) is 0 Å². The molecule has 0 radical (unpaired) electrons. The highest BCUT2D eigenvalue weighted by atomic mass is 16.5. The fourth-order valence-corrected chi connectivity index (χ4v) is 1.66. The molecule has 0 amide bonds. The summed E-state index contributed by atoms with van der Waals surface area (Å²) in [5, 5.41) is 0. The van der Waals surface area contributed by atoms with Crippen LogP contribution in [-0.2, 0) is 0 Å². The van der Waals surface area contributed by atoms with E-state index in [1.807, 2.05) is 6.92 Å². The quantitative estimate of drug-likeness (QED) is 0.707. The molecule has 1 heterocycles. The first kappa shape index (κ1) is 10.1. The number of methoxy groups -OCH3 is 1. The predicted molar refractivity (Wildman–Crippen MR) is 58.7 cm³/mol. The van der Waals surface area contributed by atoms with Gasteiger partial charge in [0, 0.05) is 18.7 Å². The lowest BCUT2D eigenvalue weighted by atomic mass is 10.1. The molecule has 1 aliphatic rings. The molecule has 0 bridgehead atoms. The Bertz CT molecular complexity index is 397. The molecule has 0 N–H and O–H groups in total. The summed E-state index contributed by atoms with van der Waals surface area (Å²) in [6, 6.07) is 0. The van der Waals surface area contributed by atoms with E-state index in [9.17, 15) is 0 Å². The summed E-state index contributed by atoms with van der Waals surface area (Å²) in [6.45, 7) is 1.97. The van der Waals surface area contributed by atoms with Crippen LogP contribution >= 0.6 is 0 Å². The molecule has 1 aromatic rings. The zero-order valence-corrected chi connectivity index (χ0v) is 9.32. The van der Waals surface area contributed by atoms with E-state index in [2.05, 4.69) is 15.0 Å². The van der Waals surface area contributed by atoms with Gasteiger partial charge in [0.1, 0.15) is 6.33 Å². The SMILES string of the molecule is CN=C(C)c1c(OC)ncnc1C1CC1. The number of hydrogen-bond acceptors (Lipinski definition) is 4. The highest BCUT2D eigenvalue weighted by Crippen LogP contribution is 2.42. The second kappa shape index (κ2) is 3.96. The minimum absolute atomic E-state index is 0.577. The molecule has 0 saturated heterocycles. The van der Waals surface area contributed by atoms with Gasteiger partial charge in [0.15, 0.2) is 0 Å². The highest BCUT2D eigenvalue weighted by molar-refractivity contribution is 6.01. The van der Waals surface area contributed by atoms with Crippen LogP contribution in [-0.4, -0.2) is 29.8 Å². The van der Waals surface area contributed by atoms with Gasteiger partial charge in [-0.05, 0) is 19.8 Å². The van der Waals surface area contributed by atoms with Crippen LogP contribution in [0.15, 0.2) is 11.3 Å². The first-order valence-electron chi connectivity index (χ1n) is 5.10. The van der Waals surface area contributed by atoms with E-state index in [0.717, 1.165) is 17.0 Å². The van der Waals surface area contributed by atoms with Crippen molar-refractivity contribution in [3.63, 3.8) is 0 Å². The molecule has 0 unspecified atom stereocenters. The summed E-state index contributed by atoms with van der Waals surface area (Å²) in [6.07, 6.45) is 3.99. The van der Waals surface area contributed by atoms with Gasteiger partial charge in [-0.15, -0.1) is 0 Å². The van der Waals surface area contributed by atoms with Gasteiger partial charge in [-0.1, -0.05) is 0 Å². The van der Waals surface area contributed by atoms with Crippen molar-refractivity contribution < 1.29 is 4.74 Å². The predicted octanol–water partition coefficient (Wildman–Crippen LogP) is 1.80. The molecule has 4 nitrogen and oxygen atoms in total. The normalized spacial score (nSPS) is 16.6. The average molecular weight is 205 g/mol. The van der Waals surface area contributed by atoms with E-state index in [-0.39, 0.29) is 0 Å². The monoisotopic (exact) mass is 205 g/mol. The summed E-state index contributed by atoms with van der Waals surface area (Å²) in [4.78, 5) is 12.7. The van der Waals surface area contributed by atoms with Crippen LogP contribution in [0.25, 0.3) is 0 Å². The van der Waals surface area contributed by atoms with E-state index in [1.54, 1.807) is 20.5 Å². The highest BCUT2D eigenvalue weighted by Gasteiger charge is 2.30. The molecule has 0 spiro atoms. The molecule has 15 heavy (non-hydrogen) atoms. The summed E-state index contributed by atoms with van der Waals surface area (Å²) < 4.78 is 5.25. The lowest BCUT2D eigenvalue weighted by Gasteiger charge is -2.10. The number of hydrogen-bond donors (Lipinski definition) is 0. The maximum absolute atomic E-state index is 5.25. The smallest absolute Gasteiger partial charge is 0.225 e. The fourth-order valence-electron chi connectivity index (χ4n) is 1.66. The van der Waals surface area contributed by atoms with Gasteiger partial charge in [-0.25, -0.2) is 9.97 Å². The minimum atomic E-state index is 0.577. The lowest BCUT2D eigenvalue weighted by Crippen LogP contribution is -2.07. The average Bonchev–Trinajstić information content (AvgIpc) is 3.10. The number of rotatable bonds is 3. The van der Waals surface area contributed by atoms with Crippen LogP contribution in [0.3, 0.4) is 0 Å². The molecular formula is C11H15N3O. The molecule has 1 aromatic heterocycles. The minimum Gasteiger partial charge on any atom is -0.480 e. The van der Waals surface area contributed by atoms with Crippen molar-refractivity contribution >= 4 is 5.71 Å². The van der Waals surface area contributed by atoms with Gasteiger partial charge < -0.3 is 4.74 Å². The van der Waals surface area contributed by atoms with E-state index >= 15 is 0 Å². The van der Waals surface area contributed by atoms with Crippen molar-refractivity contribution in [1.82, 2.24) is 9.97 Å². The Balaban J connectivity index is 2.53. The lowest BCUT2D eigenvalue weighted by molar-refractivity contribution is 0.395. The Morgan fingerprint density at radius 2 is 2.20 bits per heavy atom. The molecular weight excluding hydrogens is 190 g/mol. The van der Waals surface area contributed by atoms with Crippen LogP contribution in [0.4, 0.5) is 0 Å². The van der Waals surface area contributed by atoms with Crippen molar-refractivity contribution in [3.05, 3.63) is 17.6 Å². The molecule has 0 atom stereocenters. The Morgan fingerprint density at radius 1 is 1.47 bits per heavy atom. The third kappa shape index (κ3) is 1.84. The zero-order valence-electron chi connectivity index (χ0n) is 9.32. The van der Waals surface area contributed by atoms with Gasteiger partial charge >= 0.3 is 0 Å². The molecule has 0 aliphatic heterocycles. The van der Waals surface area contributed by atoms with Crippen molar-refractivity contribution in [3.8, 4) is 5.88 Å². The number of nitrogens with zero attached hydrogens (tertiary/aromatic N) is 3. The maximum atomic E-state index is 5.25. The number of aromatic nitrogens is 2.